The first-order chi connectivity index (χ1) is 16.4. The number of benzene rings is 1. The van der Waals surface area contributed by atoms with Gasteiger partial charge in [-0.2, -0.15) is 0 Å². The minimum Gasteiger partial charge on any atom is -0.311 e. The Balaban J connectivity index is 1.60. The highest BCUT2D eigenvalue weighted by atomic mass is 35.5. The van der Waals surface area contributed by atoms with E-state index < -0.39 is 15.9 Å². The average molecular weight is 594 g/mol. The Morgan fingerprint density at radius 1 is 1.20 bits per heavy atom. The first-order valence-corrected chi connectivity index (χ1v) is 14.4. The van der Waals surface area contributed by atoms with Gasteiger partial charge < -0.3 is 4.90 Å². The summed E-state index contributed by atoms with van der Waals surface area (Å²) in [6, 6.07) is 6.33. The normalized spacial score (nSPS) is 20.6. The van der Waals surface area contributed by atoms with Crippen LogP contribution < -0.4 is 4.72 Å². The van der Waals surface area contributed by atoms with E-state index >= 15 is 0 Å². The Bertz CT molecular complexity index is 1360. The molecule has 0 saturated carbocycles. The van der Waals surface area contributed by atoms with E-state index in [2.05, 4.69) is 0 Å². The summed E-state index contributed by atoms with van der Waals surface area (Å²) in [7, 11) is -4.12. The fourth-order valence-electron chi connectivity index (χ4n) is 4.52. The lowest BCUT2D eigenvalue weighted by Crippen LogP contribution is -2.29. The molecule has 1 aliphatic heterocycles. The van der Waals surface area contributed by atoms with Crippen molar-refractivity contribution < 1.29 is 18.0 Å². The van der Waals surface area contributed by atoms with Crippen LogP contribution in [-0.4, -0.2) is 25.1 Å². The summed E-state index contributed by atoms with van der Waals surface area (Å²) < 4.78 is 26.9. The number of halogens is 4. The van der Waals surface area contributed by atoms with Crippen molar-refractivity contribution in [1.29, 1.82) is 0 Å². The Hall–Kier alpha value is -1.55. The van der Waals surface area contributed by atoms with E-state index in [0.717, 1.165) is 41.0 Å². The molecule has 0 bridgehead atoms. The number of amides is 2. The van der Waals surface area contributed by atoms with Crippen molar-refractivity contribution in [3.63, 3.8) is 0 Å². The van der Waals surface area contributed by atoms with Gasteiger partial charge in [-0.3, -0.25) is 9.59 Å². The molecule has 0 radical (unpaired) electrons. The van der Waals surface area contributed by atoms with Crippen molar-refractivity contribution >= 4 is 79.6 Å². The monoisotopic (exact) mass is 592 g/mol. The van der Waals surface area contributed by atoms with Crippen LogP contribution in [0.15, 0.2) is 51.9 Å². The minimum atomic E-state index is -4.12. The number of allylic oxidation sites excluding steroid dienone is 3. The maximum absolute atomic E-state index is 13.0. The average Bonchev–Trinajstić information content (AvgIpc) is 3.24. The first-order valence-electron chi connectivity index (χ1n) is 10.6. The quantitative estimate of drug-likeness (QED) is 0.382. The predicted molar refractivity (Wildman–Crippen MR) is 139 cm³/mol. The fraction of sp³-hybridized carbons (Fsp3) is 0.304. The van der Waals surface area contributed by atoms with Crippen LogP contribution >= 0.6 is 57.7 Å². The summed E-state index contributed by atoms with van der Waals surface area (Å²) in [5, 5.41) is 1.07. The molecule has 2 amide bonds. The Kier molecular flexibility index (Phi) is 7.63. The second-order valence-corrected chi connectivity index (χ2v) is 13.5. The molecule has 6 nitrogen and oxygen atoms in total. The second kappa shape index (κ2) is 10.1. The summed E-state index contributed by atoms with van der Waals surface area (Å²) in [5.74, 6) is -0.845. The highest BCUT2D eigenvalue weighted by Gasteiger charge is 2.47. The van der Waals surface area contributed by atoms with E-state index in [9.17, 15) is 18.0 Å². The molecule has 1 unspecified atom stereocenters. The zero-order valence-electron chi connectivity index (χ0n) is 18.4. The number of sulfonamides is 1. The number of hydrogen-bond acceptors (Lipinski definition) is 5. The van der Waals surface area contributed by atoms with Crippen molar-refractivity contribution in [3.05, 3.63) is 72.7 Å². The molecule has 2 heterocycles. The lowest BCUT2D eigenvalue weighted by atomic mass is 9.74. The summed E-state index contributed by atoms with van der Waals surface area (Å²) >= 11 is 24.8. The first kappa shape index (κ1) is 26.5. The molecule has 1 aromatic heterocycles. The third kappa shape index (κ3) is 5.58. The molecule has 2 aliphatic rings. The molecule has 2 aromatic rings. The zero-order chi connectivity index (χ0) is 25.5. The van der Waals surface area contributed by atoms with Crippen LogP contribution in [0, 0.1) is 5.41 Å². The number of likely N-dealkylation sites (tertiary alicyclic amines) is 1. The van der Waals surface area contributed by atoms with Crippen LogP contribution in [0.5, 0.6) is 0 Å². The van der Waals surface area contributed by atoms with Crippen LogP contribution in [0.2, 0.25) is 19.4 Å². The van der Waals surface area contributed by atoms with Crippen molar-refractivity contribution in [2.24, 2.45) is 5.41 Å². The van der Waals surface area contributed by atoms with Gasteiger partial charge in [0.15, 0.2) is 0 Å². The van der Waals surface area contributed by atoms with Crippen LogP contribution in [0.25, 0.3) is 0 Å². The molecule has 1 fully saturated rings. The molecule has 1 aliphatic carbocycles. The smallest absolute Gasteiger partial charge is 0.273 e. The lowest BCUT2D eigenvalue weighted by Gasteiger charge is -2.34. The topological polar surface area (TPSA) is 83.6 Å². The number of nitrogens with one attached hydrogen (secondary N) is 1. The number of nitrogens with zero attached hydrogens (tertiary/aromatic N) is 1. The van der Waals surface area contributed by atoms with E-state index in [1.54, 1.807) is 29.2 Å². The van der Waals surface area contributed by atoms with Gasteiger partial charge in [0.25, 0.3) is 15.9 Å². The maximum atomic E-state index is 13.0. The van der Waals surface area contributed by atoms with E-state index in [0.29, 0.717) is 22.9 Å². The Morgan fingerprint density at radius 2 is 1.94 bits per heavy atom. The molecule has 1 N–H and O–H groups in total. The fourth-order valence-corrected chi connectivity index (χ4v) is 7.81. The van der Waals surface area contributed by atoms with E-state index in [1.165, 1.54) is 12.1 Å². The number of hydrogen-bond donors (Lipinski definition) is 1. The summed E-state index contributed by atoms with van der Waals surface area (Å²) in [6.45, 7) is 2.31. The van der Waals surface area contributed by atoms with Crippen molar-refractivity contribution in [3.8, 4) is 0 Å². The SMILES string of the molecule is CC12CCCC(/C=C/C(=O)NS(=O)(=O)c3cc(Cl)c(Cl)s3)=C1N(Cc1ccc(Cl)cc1Cl)C(=O)C2. The molecular formula is C23H20Cl4N2O4S2. The number of fused-ring (bicyclic) bond motifs is 1. The maximum Gasteiger partial charge on any atom is 0.273 e. The molecule has 186 valence electrons. The third-order valence-electron chi connectivity index (χ3n) is 6.06. The van der Waals surface area contributed by atoms with Crippen LogP contribution in [0.1, 0.15) is 38.2 Å². The van der Waals surface area contributed by atoms with Crippen LogP contribution in [-0.2, 0) is 26.2 Å². The van der Waals surface area contributed by atoms with Gasteiger partial charge in [-0.1, -0.05) is 65.5 Å². The molecule has 35 heavy (non-hydrogen) atoms. The highest BCUT2D eigenvalue weighted by molar-refractivity contribution is 7.92. The molecule has 1 saturated heterocycles. The second-order valence-electron chi connectivity index (χ2n) is 8.67. The molecular weight excluding hydrogens is 574 g/mol. The molecule has 12 heteroatoms. The van der Waals surface area contributed by atoms with Crippen molar-refractivity contribution in [2.45, 2.75) is 43.4 Å². The highest BCUT2D eigenvalue weighted by Crippen LogP contribution is 2.51. The van der Waals surface area contributed by atoms with Crippen LogP contribution in [0.4, 0.5) is 0 Å². The molecule has 1 aromatic carbocycles. The largest absolute Gasteiger partial charge is 0.311 e. The van der Waals surface area contributed by atoms with Crippen LogP contribution in [0.3, 0.4) is 0 Å². The van der Waals surface area contributed by atoms with E-state index in [-0.39, 0.29) is 31.4 Å². The summed E-state index contributed by atoms with van der Waals surface area (Å²) in [4.78, 5) is 27.2. The molecule has 4 rings (SSSR count). The number of carbonyl (C=O) groups is 2. The Labute approximate surface area is 227 Å². The van der Waals surface area contributed by atoms with E-state index in [1.807, 2.05) is 11.6 Å². The van der Waals surface area contributed by atoms with E-state index in [4.69, 9.17) is 46.4 Å². The van der Waals surface area contributed by atoms with Gasteiger partial charge in [-0.25, -0.2) is 13.1 Å². The summed E-state index contributed by atoms with van der Waals surface area (Å²) in [6.07, 6.45) is 5.42. The third-order valence-corrected chi connectivity index (χ3v) is 10.3. The molecule has 1 atom stereocenters. The predicted octanol–water partition coefficient (Wildman–Crippen LogP) is 6.60. The lowest BCUT2D eigenvalue weighted by molar-refractivity contribution is -0.127. The molecule has 0 spiro atoms. The number of carbonyl (C=O) groups excluding carboxylic acids is 2. The Morgan fingerprint density at radius 3 is 2.60 bits per heavy atom. The van der Waals surface area contributed by atoms with Crippen molar-refractivity contribution in [1.82, 2.24) is 9.62 Å². The van der Waals surface area contributed by atoms with Gasteiger partial charge in [0.05, 0.1) is 11.6 Å². The van der Waals surface area contributed by atoms with Gasteiger partial charge in [-0.05, 0) is 48.6 Å². The van der Waals surface area contributed by atoms with Gasteiger partial charge in [0, 0.05) is 33.7 Å². The van der Waals surface area contributed by atoms with Gasteiger partial charge in [0.2, 0.25) is 5.91 Å². The van der Waals surface area contributed by atoms with Gasteiger partial charge in [-0.15, -0.1) is 11.3 Å². The number of rotatable bonds is 6. The standard InChI is InChI=1S/C23H20Cl4N2O4S2/c1-23-8-2-3-13(5-7-18(30)28-35(32,33)20-10-17(26)22(27)34-20)21(23)29(19(31)11-23)12-14-4-6-15(24)9-16(14)25/h4-7,9-10H,2-3,8,11-12H2,1H3,(H,28,30)/b7-5+. The van der Waals surface area contributed by atoms with Gasteiger partial charge in [0.1, 0.15) is 8.55 Å². The van der Waals surface area contributed by atoms with Crippen molar-refractivity contribution in [2.75, 3.05) is 0 Å². The summed E-state index contributed by atoms with van der Waals surface area (Å²) in [5.41, 5.74) is 2.03. The minimum absolute atomic E-state index is 0.0280. The number of thiophene rings is 1. The van der Waals surface area contributed by atoms with Gasteiger partial charge >= 0.3 is 0 Å². The zero-order valence-corrected chi connectivity index (χ0v) is 23.1.